The Morgan fingerprint density at radius 3 is 2.85 bits per heavy atom. The van der Waals surface area contributed by atoms with E-state index in [0.717, 1.165) is 21.8 Å². The predicted octanol–water partition coefficient (Wildman–Crippen LogP) is 1.40. The number of hydrogen-bond donors (Lipinski definition) is 4. The highest BCUT2D eigenvalue weighted by molar-refractivity contribution is 6.03. The van der Waals surface area contributed by atoms with E-state index in [-0.39, 0.29) is 29.5 Å². The minimum absolute atomic E-state index is 0.0585. The molecule has 0 saturated heterocycles. The Kier molecular flexibility index (Phi) is 4.99. The van der Waals surface area contributed by atoms with Crippen LogP contribution in [0.1, 0.15) is 11.1 Å². The summed E-state index contributed by atoms with van der Waals surface area (Å²) < 4.78 is 25.4. The van der Waals surface area contributed by atoms with Crippen molar-refractivity contribution in [3.63, 3.8) is 0 Å². The van der Waals surface area contributed by atoms with Crippen LogP contribution >= 0.6 is 0 Å². The van der Waals surface area contributed by atoms with Crippen LogP contribution in [0.4, 0.5) is 20.3 Å². The summed E-state index contributed by atoms with van der Waals surface area (Å²) in [5.74, 6) is 9.94. The minimum atomic E-state index is -1.10. The summed E-state index contributed by atoms with van der Waals surface area (Å²) in [6.45, 7) is -0.581. The van der Waals surface area contributed by atoms with Crippen LogP contribution in [0.15, 0.2) is 47.7 Å². The van der Waals surface area contributed by atoms with Crippen LogP contribution in [0.2, 0.25) is 0 Å². The molecular weight excluding hydrogens is 356 g/mol. The number of hydrazine groups is 1. The zero-order valence-electron chi connectivity index (χ0n) is 14.1. The molecule has 140 valence electrons. The summed E-state index contributed by atoms with van der Waals surface area (Å²) in [5, 5.41) is 7.12. The highest BCUT2D eigenvalue weighted by Crippen LogP contribution is 2.30. The largest absolute Gasteiger partial charge is 0.383 e. The summed E-state index contributed by atoms with van der Waals surface area (Å²) in [6, 6.07) is 7.10. The summed E-state index contributed by atoms with van der Waals surface area (Å²) >= 11 is 0. The van der Waals surface area contributed by atoms with Gasteiger partial charge in [0, 0.05) is 17.4 Å². The van der Waals surface area contributed by atoms with E-state index in [9.17, 15) is 13.6 Å². The molecule has 3 rings (SSSR count). The number of benzene rings is 1. The smallest absolute Gasteiger partial charge is 0.228 e. The van der Waals surface area contributed by atoms with Crippen LogP contribution in [0.25, 0.3) is 11.1 Å². The number of anilines is 2. The Morgan fingerprint density at radius 2 is 2.15 bits per heavy atom. The van der Waals surface area contributed by atoms with Crippen molar-refractivity contribution in [2.24, 2.45) is 16.8 Å². The topological polar surface area (TPSA) is 136 Å². The molecule has 1 aliphatic rings. The molecule has 2 heterocycles. The van der Waals surface area contributed by atoms with Crippen molar-refractivity contribution < 1.29 is 13.6 Å². The molecule has 0 saturated carbocycles. The predicted molar refractivity (Wildman–Crippen MR) is 98.3 cm³/mol. The Hall–Kier alpha value is -3.53. The molecule has 1 aromatic carbocycles. The second-order valence-corrected chi connectivity index (χ2v) is 5.89. The molecule has 27 heavy (non-hydrogen) atoms. The van der Waals surface area contributed by atoms with Gasteiger partial charge in [-0.05, 0) is 29.3 Å². The molecule has 1 amide bonds. The first-order chi connectivity index (χ1) is 12.9. The quantitative estimate of drug-likeness (QED) is 0.277. The molecule has 2 aromatic rings. The van der Waals surface area contributed by atoms with E-state index >= 15 is 0 Å². The number of amides is 1. The molecule has 0 radical (unpaired) electrons. The number of fused-ring (bicyclic) bond motifs is 1. The SMILES string of the molecule is N/N=C(/c1cc(-c2ccc3c(c2)CC(=O)N3)cnc1N)N(N)C/C(F)=C/F. The second-order valence-electron chi connectivity index (χ2n) is 5.89. The van der Waals surface area contributed by atoms with E-state index in [2.05, 4.69) is 15.4 Å². The number of halogens is 2. The molecule has 8 nitrogen and oxygen atoms in total. The lowest BCUT2D eigenvalue weighted by Gasteiger charge is -2.20. The third-order valence-corrected chi connectivity index (χ3v) is 4.06. The summed E-state index contributed by atoms with van der Waals surface area (Å²) in [7, 11) is 0. The number of nitrogen functional groups attached to an aromatic ring is 1. The van der Waals surface area contributed by atoms with Crippen LogP contribution in [-0.2, 0) is 11.2 Å². The number of hydrazone groups is 1. The number of amidine groups is 1. The number of pyridine rings is 1. The van der Waals surface area contributed by atoms with Gasteiger partial charge in [0.05, 0.1) is 18.5 Å². The fraction of sp³-hybridized carbons (Fsp3) is 0.118. The lowest BCUT2D eigenvalue weighted by atomic mass is 10.0. The number of hydrogen-bond acceptors (Lipinski definition) is 6. The minimum Gasteiger partial charge on any atom is -0.383 e. The molecule has 10 heteroatoms. The lowest BCUT2D eigenvalue weighted by molar-refractivity contribution is -0.115. The lowest BCUT2D eigenvalue weighted by Crippen LogP contribution is -2.40. The average molecular weight is 373 g/mol. The van der Waals surface area contributed by atoms with Crippen molar-refractivity contribution in [3.05, 3.63) is 53.7 Å². The number of rotatable bonds is 4. The van der Waals surface area contributed by atoms with Gasteiger partial charge in [-0.25, -0.2) is 19.6 Å². The fourth-order valence-electron chi connectivity index (χ4n) is 2.79. The third kappa shape index (κ3) is 3.70. The van der Waals surface area contributed by atoms with E-state index in [1.165, 1.54) is 0 Å². The normalized spacial score (nSPS) is 14.1. The second kappa shape index (κ2) is 7.38. The molecule has 1 aromatic heterocycles. The van der Waals surface area contributed by atoms with Gasteiger partial charge in [-0.1, -0.05) is 6.07 Å². The summed E-state index contributed by atoms with van der Waals surface area (Å²) in [6.07, 6.45) is 1.63. The summed E-state index contributed by atoms with van der Waals surface area (Å²) in [5.41, 5.74) is 9.22. The van der Waals surface area contributed by atoms with Crippen molar-refractivity contribution in [3.8, 4) is 11.1 Å². The van der Waals surface area contributed by atoms with Gasteiger partial charge in [0.1, 0.15) is 18.0 Å². The van der Waals surface area contributed by atoms with Gasteiger partial charge in [0.2, 0.25) is 5.91 Å². The standard InChI is InChI=1S/C17H17F2N7O/c18-6-12(19)8-26(22)17(25-21)13-4-11(7-23-16(13)20)9-1-2-14-10(3-9)5-15(27)24-14/h1-4,6-7H,5,8,21-22H2,(H2,20,23)(H,24,27)/b12-6-,25-17-. The highest BCUT2D eigenvalue weighted by atomic mass is 19.2. The maximum absolute atomic E-state index is 13.2. The molecule has 0 bridgehead atoms. The van der Waals surface area contributed by atoms with Gasteiger partial charge in [0.15, 0.2) is 5.84 Å². The van der Waals surface area contributed by atoms with Gasteiger partial charge < -0.3 is 16.9 Å². The number of nitrogens with one attached hydrogen (secondary N) is 1. The average Bonchev–Trinajstić information content (AvgIpc) is 3.02. The Balaban J connectivity index is 1.97. The van der Waals surface area contributed by atoms with E-state index in [4.69, 9.17) is 17.4 Å². The van der Waals surface area contributed by atoms with E-state index in [1.807, 2.05) is 12.1 Å². The number of carbonyl (C=O) groups is 1. The molecule has 0 spiro atoms. The van der Waals surface area contributed by atoms with Crippen molar-refractivity contribution in [2.75, 3.05) is 17.6 Å². The first kappa shape index (κ1) is 18.3. The van der Waals surface area contributed by atoms with Crippen molar-refractivity contribution in [1.29, 1.82) is 0 Å². The highest BCUT2D eigenvalue weighted by Gasteiger charge is 2.20. The van der Waals surface area contributed by atoms with Gasteiger partial charge in [-0.15, -0.1) is 0 Å². The van der Waals surface area contributed by atoms with Gasteiger partial charge in [0.25, 0.3) is 0 Å². The molecule has 7 N–H and O–H groups in total. The van der Waals surface area contributed by atoms with E-state index < -0.39 is 12.4 Å². The molecule has 0 aliphatic carbocycles. The van der Waals surface area contributed by atoms with E-state index in [0.29, 0.717) is 12.0 Å². The molecule has 0 unspecified atom stereocenters. The summed E-state index contributed by atoms with van der Waals surface area (Å²) in [4.78, 5) is 15.6. The molecule has 0 fully saturated rings. The fourth-order valence-corrected chi connectivity index (χ4v) is 2.79. The Bertz CT molecular complexity index is 958. The number of nitrogens with zero attached hydrogens (tertiary/aromatic N) is 3. The van der Waals surface area contributed by atoms with E-state index in [1.54, 1.807) is 18.3 Å². The number of nitrogens with two attached hydrogens (primary N) is 3. The Morgan fingerprint density at radius 1 is 1.37 bits per heavy atom. The molecule has 0 atom stereocenters. The maximum Gasteiger partial charge on any atom is 0.228 e. The molecule has 1 aliphatic heterocycles. The maximum atomic E-state index is 13.2. The van der Waals surface area contributed by atoms with Crippen LogP contribution in [-0.4, -0.2) is 28.3 Å². The van der Waals surface area contributed by atoms with Crippen molar-refractivity contribution in [1.82, 2.24) is 9.99 Å². The van der Waals surface area contributed by atoms with Gasteiger partial charge in [-0.2, -0.15) is 5.10 Å². The van der Waals surface area contributed by atoms with Crippen LogP contribution in [0.5, 0.6) is 0 Å². The zero-order valence-corrected chi connectivity index (χ0v) is 14.1. The number of aromatic nitrogens is 1. The number of carbonyl (C=O) groups excluding carboxylic acids is 1. The van der Waals surface area contributed by atoms with Crippen LogP contribution in [0.3, 0.4) is 0 Å². The Labute approximate surface area is 153 Å². The molecular formula is C17H17F2N7O. The van der Waals surface area contributed by atoms with Gasteiger partial charge >= 0.3 is 0 Å². The first-order valence-corrected chi connectivity index (χ1v) is 7.87. The van der Waals surface area contributed by atoms with Gasteiger partial charge in [-0.3, -0.25) is 9.80 Å². The van der Waals surface area contributed by atoms with Crippen molar-refractivity contribution >= 4 is 23.2 Å². The zero-order chi connectivity index (χ0) is 19.6. The monoisotopic (exact) mass is 373 g/mol. The van der Waals surface area contributed by atoms with Crippen molar-refractivity contribution in [2.45, 2.75) is 6.42 Å². The van der Waals surface area contributed by atoms with Crippen LogP contribution in [0, 0.1) is 0 Å². The van der Waals surface area contributed by atoms with Crippen LogP contribution < -0.4 is 22.7 Å². The third-order valence-electron chi connectivity index (χ3n) is 4.06. The first-order valence-electron chi connectivity index (χ1n) is 7.87.